The second kappa shape index (κ2) is 10.4. The number of rotatable bonds is 6. The quantitative estimate of drug-likeness (QED) is 0.503. The fourth-order valence-electron chi connectivity index (χ4n) is 5.95. The Morgan fingerprint density at radius 1 is 1.06 bits per heavy atom. The van der Waals surface area contributed by atoms with Crippen molar-refractivity contribution in [2.75, 3.05) is 32.7 Å². The van der Waals surface area contributed by atoms with Gasteiger partial charge in [-0.05, 0) is 63.5 Å². The van der Waals surface area contributed by atoms with Crippen LogP contribution in [0.1, 0.15) is 51.8 Å². The molecule has 2 fully saturated rings. The maximum atomic E-state index is 14.2. The zero-order valence-electron chi connectivity index (χ0n) is 21.3. The first kappa shape index (κ1) is 24.5. The molecule has 1 N–H and O–H groups in total. The fraction of sp³-hybridized carbons (Fsp3) is 0.448. The van der Waals surface area contributed by atoms with E-state index in [0.717, 1.165) is 76.2 Å². The van der Waals surface area contributed by atoms with Crippen molar-refractivity contribution in [2.45, 2.75) is 51.5 Å². The van der Waals surface area contributed by atoms with Crippen LogP contribution in [0.5, 0.6) is 11.5 Å². The third-order valence-corrected chi connectivity index (χ3v) is 7.78. The van der Waals surface area contributed by atoms with Crippen molar-refractivity contribution in [2.24, 2.45) is 0 Å². The number of likely N-dealkylation sites (N-methyl/N-ethyl adjacent to an activating group) is 1. The molecule has 1 saturated carbocycles. The van der Waals surface area contributed by atoms with E-state index in [1.54, 1.807) is 35.1 Å². The normalized spacial score (nSPS) is 19.2. The molecule has 5 rings (SSSR count). The lowest BCUT2D eigenvalue weighted by atomic mass is 9.92. The molecular weight excluding hydrogens is 452 g/mol. The van der Waals surface area contributed by atoms with E-state index in [1.165, 1.54) is 0 Å². The van der Waals surface area contributed by atoms with Gasteiger partial charge in [0, 0.05) is 25.7 Å². The van der Waals surface area contributed by atoms with Gasteiger partial charge in [0.05, 0.1) is 28.4 Å². The van der Waals surface area contributed by atoms with Crippen LogP contribution >= 0.6 is 0 Å². The van der Waals surface area contributed by atoms with E-state index in [-0.39, 0.29) is 16.8 Å². The van der Waals surface area contributed by atoms with E-state index in [1.807, 2.05) is 31.2 Å². The van der Waals surface area contributed by atoms with Crippen LogP contribution in [0, 0.1) is 0 Å². The Bertz CT molecular complexity index is 1310. The minimum absolute atomic E-state index is 0.0874. The number of aromatic hydroxyl groups is 1. The Labute approximate surface area is 212 Å². The van der Waals surface area contributed by atoms with E-state index >= 15 is 0 Å². The molecule has 190 valence electrons. The summed E-state index contributed by atoms with van der Waals surface area (Å²) in [5.41, 5.74) is 0.881. The third kappa shape index (κ3) is 4.42. The van der Waals surface area contributed by atoms with Crippen LogP contribution in [-0.2, 0) is 5.54 Å². The monoisotopic (exact) mass is 488 g/mol. The Morgan fingerprint density at radius 3 is 2.64 bits per heavy atom. The van der Waals surface area contributed by atoms with E-state index < -0.39 is 0 Å². The van der Waals surface area contributed by atoms with Crippen molar-refractivity contribution in [3.8, 4) is 17.2 Å². The van der Waals surface area contributed by atoms with Crippen molar-refractivity contribution in [3.63, 3.8) is 0 Å². The summed E-state index contributed by atoms with van der Waals surface area (Å²) in [7, 11) is 0. The SMILES string of the molecule is C/C=C/Oc1cc(O)ccc1-n1c(C2(N3CCCN(CC)CC3)CCCC2)nc2ccccc2c1=O. The van der Waals surface area contributed by atoms with Crippen molar-refractivity contribution >= 4 is 10.9 Å². The standard InChI is InChI=1S/C29H36N4O3/c1-3-20-36-26-21-22(34)12-13-25(26)33-27(35)23-10-5-6-11-24(23)30-28(33)29(14-7-8-15-29)32-17-9-16-31(4-2)18-19-32/h3,5-6,10-13,20-21,34H,4,7-9,14-19H2,1-2H3/b20-3+. The van der Waals surface area contributed by atoms with Crippen LogP contribution < -0.4 is 10.3 Å². The molecule has 0 spiro atoms. The molecule has 0 unspecified atom stereocenters. The lowest BCUT2D eigenvalue weighted by molar-refractivity contribution is 0.0831. The molecule has 0 bridgehead atoms. The van der Waals surface area contributed by atoms with Gasteiger partial charge in [0.25, 0.3) is 5.56 Å². The number of hydrogen-bond donors (Lipinski definition) is 1. The van der Waals surface area contributed by atoms with E-state index in [0.29, 0.717) is 16.8 Å². The third-order valence-electron chi connectivity index (χ3n) is 7.78. The smallest absolute Gasteiger partial charge is 0.266 e. The number of aromatic nitrogens is 2. The first-order valence-corrected chi connectivity index (χ1v) is 13.2. The maximum Gasteiger partial charge on any atom is 0.266 e. The van der Waals surface area contributed by atoms with E-state index in [2.05, 4.69) is 16.7 Å². The molecule has 2 heterocycles. The summed E-state index contributed by atoms with van der Waals surface area (Å²) in [6.07, 6.45) is 8.59. The molecule has 2 aliphatic rings. The highest BCUT2D eigenvalue weighted by Gasteiger charge is 2.45. The summed E-state index contributed by atoms with van der Waals surface area (Å²) in [5, 5.41) is 10.8. The molecule has 2 aromatic carbocycles. The van der Waals surface area contributed by atoms with Gasteiger partial charge in [0.1, 0.15) is 11.6 Å². The summed E-state index contributed by atoms with van der Waals surface area (Å²) in [6, 6.07) is 12.5. The van der Waals surface area contributed by atoms with Gasteiger partial charge in [-0.2, -0.15) is 0 Å². The molecule has 7 heteroatoms. The lowest BCUT2D eigenvalue weighted by Gasteiger charge is -2.41. The van der Waals surface area contributed by atoms with E-state index in [9.17, 15) is 9.90 Å². The van der Waals surface area contributed by atoms with Crippen LogP contribution in [0.3, 0.4) is 0 Å². The van der Waals surface area contributed by atoms with E-state index in [4.69, 9.17) is 9.72 Å². The molecule has 3 aromatic rings. The number of phenolic OH excluding ortho intramolecular Hbond substituents is 1. The van der Waals surface area contributed by atoms with Gasteiger partial charge in [-0.25, -0.2) is 4.98 Å². The van der Waals surface area contributed by atoms with Crippen molar-refractivity contribution in [3.05, 3.63) is 71.0 Å². The minimum Gasteiger partial charge on any atom is -0.508 e. The molecule has 36 heavy (non-hydrogen) atoms. The zero-order valence-corrected chi connectivity index (χ0v) is 21.3. The van der Waals surface area contributed by atoms with Crippen molar-refractivity contribution in [1.82, 2.24) is 19.4 Å². The summed E-state index contributed by atoms with van der Waals surface area (Å²) in [6.45, 7) is 9.19. The Balaban J connectivity index is 1.76. The first-order valence-electron chi connectivity index (χ1n) is 13.2. The second-order valence-electron chi connectivity index (χ2n) is 9.85. The molecule has 0 amide bonds. The zero-order chi connectivity index (χ0) is 25.1. The average Bonchev–Trinajstić information content (AvgIpc) is 3.27. The van der Waals surface area contributed by atoms with Crippen LogP contribution in [0.25, 0.3) is 16.6 Å². The molecule has 0 radical (unpaired) electrons. The van der Waals surface area contributed by atoms with Gasteiger partial charge in [-0.1, -0.05) is 38.0 Å². The molecule has 0 atom stereocenters. The van der Waals surface area contributed by atoms with Crippen molar-refractivity contribution in [1.29, 1.82) is 0 Å². The molecule has 1 aliphatic heterocycles. The molecule has 1 aliphatic carbocycles. The average molecular weight is 489 g/mol. The van der Waals surface area contributed by atoms with Gasteiger partial charge in [-0.3, -0.25) is 14.3 Å². The highest BCUT2D eigenvalue weighted by Crippen LogP contribution is 2.45. The summed E-state index contributed by atoms with van der Waals surface area (Å²) < 4.78 is 7.64. The predicted molar refractivity (Wildman–Crippen MR) is 143 cm³/mol. The number of allylic oxidation sites excluding steroid dienone is 1. The number of phenols is 1. The van der Waals surface area contributed by atoms with Gasteiger partial charge in [0.15, 0.2) is 5.75 Å². The molecular formula is C29H36N4O3. The summed E-state index contributed by atoms with van der Waals surface area (Å²) in [4.78, 5) is 24.5. The van der Waals surface area contributed by atoms with Crippen LogP contribution in [-0.4, -0.2) is 57.2 Å². The number of fused-ring (bicyclic) bond motifs is 1. The topological polar surface area (TPSA) is 70.8 Å². The van der Waals surface area contributed by atoms with Crippen LogP contribution in [0.4, 0.5) is 0 Å². The molecule has 7 nitrogen and oxygen atoms in total. The maximum absolute atomic E-state index is 14.2. The van der Waals surface area contributed by atoms with Gasteiger partial charge in [-0.15, -0.1) is 0 Å². The number of ether oxygens (including phenoxy) is 1. The van der Waals surface area contributed by atoms with Gasteiger partial charge < -0.3 is 14.7 Å². The van der Waals surface area contributed by atoms with Gasteiger partial charge >= 0.3 is 0 Å². The predicted octanol–water partition coefficient (Wildman–Crippen LogP) is 4.80. The van der Waals surface area contributed by atoms with Crippen molar-refractivity contribution < 1.29 is 9.84 Å². The Hall–Kier alpha value is -3.16. The largest absolute Gasteiger partial charge is 0.508 e. The summed E-state index contributed by atoms with van der Waals surface area (Å²) >= 11 is 0. The number of benzene rings is 2. The Morgan fingerprint density at radius 2 is 1.86 bits per heavy atom. The number of nitrogens with zero attached hydrogens (tertiary/aromatic N) is 4. The number of hydrogen-bond acceptors (Lipinski definition) is 6. The van der Waals surface area contributed by atoms with Gasteiger partial charge in [0.2, 0.25) is 0 Å². The highest BCUT2D eigenvalue weighted by atomic mass is 16.5. The minimum atomic E-state index is -0.331. The Kier molecular flexibility index (Phi) is 7.12. The summed E-state index contributed by atoms with van der Waals surface area (Å²) in [5.74, 6) is 1.30. The lowest BCUT2D eigenvalue weighted by Crippen LogP contribution is -2.49. The molecule has 1 aromatic heterocycles. The first-order chi connectivity index (χ1) is 17.6. The second-order valence-corrected chi connectivity index (χ2v) is 9.85. The highest BCUT2D eigenvalue weighted by molar-refractivity contribution is 5.78. The van der Waals surface area contributed by atoms with Crippen LogP contribution in [0.2, 0.25) is 0 Å². The number of para-hydroxylation sites is 1. The van der Waals surface area contributed by atoms with Crippen LogP contribution in [0.15, 0.2) is 59.6 Å². The fourth-order valence-corrected chi connectivity index (χ4v) is 5.95. The molecule has 1 saturated heterocycles.